The summed E-state index contributed by atoms with van der Waals surface area (Å²) in [7, 11) is 1.82. The molecule has 0 saturated carbocycles. The van der Waals surface area contributed by atoms with Crippen molar-refractivity contribution in [3.8, 4) is 0 Å². The summed E-state index contributed by atoms with van der Waals surface area (Å²) in [6, 6.07) is 0. The van der Waals surface area contributed by atoms with Crippen LogP contribution in [0.15, 0.2) is 0 Å². The summed E-state index contributed by atoms with van der Waals surface area (Å²) in [6.07, 6.45) is 0. The molecule has 0 bridgehead atoms. The van der Waals surface area contributed by atoms with Crippen LogP contribution in [0.1, 0.15) is 26.6 Å². The molecule has 1 aromatic rings. The smallest absolute Gasteiger partial charge is 0.0652 e. The van der Waals surface area contributed by atoms with Crippen LogP contribution in [0.25, 0.3) is 0 Å². The van der Waals surface area contributed by atoms with E-state index in [0.29, 0.717) is 0 Å². The lowest BCUT2D eigenvalue weighted by molar-refractivity contribution is -0.784. The van der Waals surface area contributed by atoms with Crippen LogP contribution >= 0.6 is 0 Å². The second-order valence-corrected chi connectivity index (χ2v) is 3.41. The minimum Gasteiger partial charge on any atom is -0.0652 e. The van der Waals surface area contributed by atoms with Crippen LogP contribution in [0.4, 0.5) is 0 Å². The van der Waals surface area contributed by atoms with Crippen LogP contribution in [0, 0.1) is 0 Å². The molecule has 56 valence electrons. The predicted octanol–water partition coefficient (Wildman–Crippen LogP) is -0.0733. The monoisotopic (exact) mass is 141 g/mol. The van der Waals surface area contributed by atoms with E-state index in [2.05, 4.69) is 36.2 Å². The van der Waals surface area contributed by atoms with Gasteiger partial charge in [-0.15, -0.1) is 0 Å². The standard InChI is InChI=1S/C6H12N4/c1-6(2,3)5-7-9-10(4)8-5/h1-4H3/p+1. The number of nitrogens with one attached hydrogen (secondary N) is 1. The van der Waals surface area contributed by atoms with E-state index in [1.54, 1.807) is 4.80 Å². The molecule has 0 atom stereocenters. The van der Waals surface area contributed by atoms with Gasteiger partial charge in [0.1, 0.15) is 7.05 Å². The van der Waals surface area contributed by atoms with Crippen molar-refractivity contribution < 1.29 is 4.80 Å². The Hall–Kier alpha value is -0.930. The topological polar surface area (TPSA) is 45.5 Å². The minimum atomic E-state index is 0.0394. The van der Waals surface area contributed by atoms with E-state index < -0.39 is 0 Å². The van der Waals surface area contributed by atoms with Gasteiger partial charge in [0, 0.05) is 0 Å². The lowest BCUT2D eigenvalue weighted by atomic mass is 9.96. The number of hydrogen-bond donors (Lipinski definition) is 1. The van der Waals surface area contributed by atoms with Gasteiger partial charge in [0.15, 0.2) is 0 Å². The highest BCUT2D eigenvalue weighted by Crippen LogP contribution is 2.14. The Morgan fingerprint density at radius 1 is 1.40 bits per heavy atom. The highest BCUT2D eigenvalue weighted by Gasteiger charge is 2.25. The van der Waals surface area contributed by atoms with Crippen molar-refractivity contribution in [2.45, 2.75) is 26.2 Å². The first-order valence-corrected chi connectivity index (χ1v) is 3.29. The molecule has 1 aromatic heterocycles. The number of hydrogen-bond acceptors (Lipinski definition) is 2. The second kappa shape index (κ2) is 2.04. The molecule has 0 amide bonds. The average Bonchev–Trinajstić information content (AvgIpc) is 2.11. The van der Waals surface area contributed by atoms with Gasteiger partial charge in [-0.1, -0.05) is 25.6 Å². The summed E-state index contributed by atoms with van der Waals surface area (Å²) in [4.78, 5) is 1.60. The van der Waals surface area contributed by atoms with Gasteiger partial charge in [0.2, 0.25) is 0 Å². The molecular weight excluding hydrogens is 128 g/mol. The van der Waals surface area contributed by atoms with Crippen LogP contribution < -0.4 is 4.80 Å². The Kier molecular flexibility index (Phi) is 1.46. The van der Waals surface area contributed by atoms with Crippen molar-refractivity contribution in [1.82, 2.24) is 15.4 Å². The van der Waals surface area contributed by atoms with E-state index in [4.69, 9.17) is 0 Å². The number of rotatable bonds is 0. The molecular formula is C6H13N4+. The van der Waals surface area contributed by atoms with Crippen molar-refractivity contribution in [3.63, 3.8) is 0 Å². The highest BCUT2D eigenvalue weighted by atomic mass is 15.6. The van der Waals surface area contributed by atoms with Crippen molar-refractivity contribution in [1.29, 1.82) is 0 Å². The van der Waals surface area contributed by atoms with Gasteiger partial charge in [-0.25, -0.2) is 0 Å². The molecule has 1 N–H and O–H groups in total. The molecule has 4 nitrogen and oxygen atoms in total. The average molecular weight is 141 g/mol. The maximum atomic E-state index is 4.13. The number of aromatic nitrogens is 4. The van der Waals surface area contributed by atoms with Crippen LogP contribution in [0.2, 0.25) is 0 Å². The third kappa shape index (κ3) is 1.32. The van der Waals surface area contributed by atoms with Gasteiger partial charge in [0.25, 0.3) is 0 Å². The molecule has 0 saturated heterocycles. The van der Waals surface area contributed by atoms with E-state index in [0.717, 1.165) is 5.82 Å². The lowest BCUT2D eigenvalue weighted by Gasteiger charge is -2.05. The summed E-state index contributed by atoms with van der Waals surface area (Å²) >= 11 is 0. The van der Waals surface area contributed by atoms with E-state index in [9.17, 15) is 0 Å². The maximum Gasteiger partial charge on any atom is 0.313 e. The molecule has 0 unspecified atom stereocenters. The van der Waals surface area contributed by atoms with Gasteiger partial charge >= 0.3 is 5.82 Å². The molecule has 4 heteroatoms. The van der Waals surface area contributed by atoms with Crippen LogP contribution in [0.3, 0.4) is 0 Å². The Morgan fingerprint density at radius 3 is 2.20 bits per heavy atom. The third-order valence-electron chi connectivity index (χ3n) is 1.22. The van der Waals surface area contributed by atoms with E-state index in [-0.39, 0.29) is 5.41 Å². The fourth-order valence-electron chi connectivity index (χ4n) is 0.624. The van der Waals surface area contributed by atoms with Crippen molar-refractivity contribution >= 4 is 0 Å². The molecule has 0 aliphatic heterocycles. The Bertz CT molecular complexity index is 220. The molecule has 0 aliphatic carbocycles. The van der Waals surface area contributed by atoms with Gasteiger partial charge in [0.05, 0.1) is 10.5 Å². The summed E-state index contributed by atoms with van der Waals surface area (Å²) in [5.41, 5.74) is 0.0394. The molecule has 0 aromatic carbocycles. The lowest BCUT2D eigenvalue weighted by Crippen LogP contribution is -2.34. The first-order chi connectivity index (χ1) is 4.50. The third-order valence-corrected chi connectivity index (χ3v) is 1.22. The maximum absolute atomic E-state index is 4.13. The largest absolute Gasteiger partial charge is 0.313 e. The van der Waals surface area contributed by atoms with Crippen LogP contribution in [0.5, 0.6) is 0 Å². The predicted molar refractivity (Wildman–Crippen MR) is 36.3 cm³/mol. The Balaban J connectivity index is 2.96. The summed E-state index contributed by atoms with van der Waals surface area (Å²) in [6.45, 7) is 6.24. The van der Waals surface area contributed by atoms with Crippen LogP contribution in [-0.2, 0) is 12.5 Å². The number of H-pyrrole nitrogens is 1. The molecule has 1 rings (SSSR count). The highest BCUT2D eigenvalue weighted by molar-refractivity contribution is 4.94. The Labute approximate surface area is 60.2 Å². The molecule has 0 spiro atoms. The summed E-state index contributed by atoms with van der Waals surface area (Å²) in [5, 5.41) is 10.9. The van der Waals surface area contributed by atoms with Gasteiger partial charge in [-0.3, -0.25) is 0 Å². The normalized spacial score (nSPS) is 12.0. The van der Waals surface area contributed by atoms with E-state index >= 15 is 0 Å². The fraction of sp³-hybridized carbons (Fsp3) is 0.833. The number of nitrogens with zero attached hydrogens (tertiary/aromatic N) is 3. The number of aryl methyl sites for hydroxylation is 1. The molecule has 0 aliphatic rings. The van der Waals surface area contributed by atoms with Gasteiger partial charge in [-0.2, -0.15) is 0 Å². The molecule has 1 heterocycles. The molecule has 0 fully saturated rings. The quantitative estimate of drug-likeness (QED) is 0.514. The number of tetrazole rings is 1. The second-order valence-electron chi connectivity index (χ2n) is 3.41. The SMILES string of the molecule is C[n+]1nc(C(C)(C)C)n[nH]1. The van der Waals surface area contributed by atoms with Gasteiger partial charge < -0.3 is 0 Å². The summed E-state index contributed by atoms with van der Waals surface area (Å²) in [5.74, 6) is 0.843. The Morgan fingerprint density at radius 2 is 2.00 bits per heavy atom. The first-order valence-electron chi connectivity index (χ1n) is 3.29. The molecule has 10 heavy (non-hydrogen) atoms. The van der Waals surface area contributed by atoms with Crippen molar-refractivity contribution in [2.24, 2.45) is 7.05 Å². The number of aromatic amines is 1. The zero-order valence-electron chi connectivity index (χ0n) is 6.84. The van der Waals surface area contributed by atoms with Gasteiger partial charge in [-0.05, 0) is 10.3 Å². The summed E-state index contributed by atoms with van der Waals surface area (Å²) < 4.78 is 0. The van der Waals surface area contributed by atoms with E-state index in [1.165, 1.54) is 0 Å². The molecule has 0 radical (unpaired) electrons. The van der Waals surface area contributed by atoms with Crippen molar-refractivity contribution in [3.05, 3.63) is 5.82 Å². The minimum absolute atomic E-state index is 0.0394. The van der Waals surface area contributed by atoms with E-state index in [1.807, 2.05) is 7.05 Å². The first kappa shape index (κ1) is 7.18. The zero-order chi connectivity index (χ0) is 7.78. The van der Waals surface area contributed by atoms with Crippen LogP contribution in [-0.4, -0.2) is 15.4 Å². The fourth-order valence-corrected chi connectivity index (χ4v) is 0.624. The van der Waals surface area contributed by atoms with Crippen molar-refractivity contribution in [2.75, 3.05) is 0 Å². The zero-order valence-corrected chi connectivity index (χ0v) is 6.84.